The Morgan fingerprint density at radius 1 is 0.975 bits per heavy atom. The lowest BCUT2D eigenvalue weighted by molar-refractivity contribution is -0.132. The van der Waals surface area contributed by atoms with Gasteiger partial charge in [0.15, 0.2) is 11.6 Å². The van der Waals surface area contributed by atoms with E-state index in [1.807, 2.05) is 32.9 Å². The second-order valence-corrected chi connectivity index (χ2v) is 15.6. The summed E-state index contributed by atoms with van der Waals surface area (Å²) in [4.78, 5) is 38.8. The van der Waals surface area contributed by atoms with Gasteiger partial charge in [-0.1, -0.05) is 73.5 Å². The molecule has 0 spiro atoms. The molecule has 0 unspecified atom stereocenters. The Morgan fingerprint density at radius 3 is 2.17 bits per heavy atom. The SMILES string of the molecule is CCC(=O)N[C@@]1(C)CCC(C)(C)CCC[C@](C)([C@]2(C)CC[C@H]3C(C)(C)C(=O)C(C#N)=C[C@]3(C)/C2=C/C(C)=O)CC1. The van der Waals surface area contributed by atoms with Crippen molar-refractivity contribution in [1.82, 2.24) is 5.32 Å². The number of amides is 1. The monoisotopic (exact) mass is 550 g/mol. The first-order valence-electron chi connectivity index (χ1n) is 15.5. The molecule has 3 aliphatic rings. The Morgan fingerprint density at radius 2 is 1.60 bits per heavy atom. The van der Waals surface area contributed by atoms with Gasteiger partial charge in [-0.05, 0) is 93.5 Å². The fourth-order valence-corrected chi connectivity index (χ4v) is 8.64. The average Bonchev–Trinajstić information content (AvgIpc) is 2.85. The lowest BCUT2D eigenvalue weighted by Gasteiger charge is -2.62. The van der Waals surface area contributed by atoms with Crippen LogP contribution in [0, 0.1) is 44.3 Å². The van der Waals surface area contributed by atoms with Crippen LogP contribution in [0.25, 0.3) is 0 Å². The quantitative estimate of drug-likeness (QED) is 0.359. The van der Waals surface area contributed by atoms with Crippen molar-refractivity contribution in [2.75, 3.05) is 0 Å². The molecule has 0 aromatic rings. The summed E-state index contributed by atoms with van der Waals surface area (Å²) >= 11 is 0. The summed E-state index contributed by atoms with van der Waals surface area (Å²) in [6.45, 7) is 21.3. The largest absolute Gasteiger partial charge is 0.351 e. The Hall–Kier alpha value is -2.22. The molecule has 0 saturated heterocycles. The molecule has 2 saturated carbocycles. The normalized spacial score (nSPS) is 38.9. The van der Waals surface area contributed by atoms with E-state index in [4.69, 9.17) is 0 Å². The predicted molar refractivity (Wildman–Crippen MR) is 161 cm³/mol. The molecule has 5 heteroatoms. The highest BCUT2D eigenvalue weighted by Gasteiger charge is 2.61. The van der Waals surface area contributed by atoms with Gasteiger partial charge in [-0.15, -0.1) is 0 Å². The fraction of sp³-hybridized carbons (Fsp3) is 0.771. The number of rotatable bonds is 4. The van der Waals surface area contributed by atoms with Gasteiger partial charge in [0.05, 0.1) is 5.57 Å². The summed E-state index contributed by atoms with van der Waals surface area (Å²) in [7, 11) is 0. The molecule has 0 heterocycles. The Bertz CT molecular complexity index is 1150. The smallest absolute Gasteiger partial charge is 0.220 e. The van der Waals surface area contributed by atoms with E-state index >= 15 is 0 Å². The Kier molecular flexibility index (Phi) is 8.79. The topological polar surface area (TPSA) is 87.0 Å². The summed E-state index contributed by atoms with van der Waals surface area (Å²) in [6, 6.07) is 2.19. The van der Waals surface area contributed by atoms with Crippen LogP contribution in [0.15, 0.2) is 23.3 Å². The molecule has 5 nitrogen and oxygen atoms in total. The standard InChI is InChI=1S/C35H54N2O3/c1-11-28(39)37-33(8)19-17-30(3,4)14-12-15-32(7,18-20-33)35(10)16-13-26-31(5,6)29(40)25(23-36)22-34(26,9)27(35)21-24(2)38/h21-22,26H,11-20H2,1-10H3,(H,37,39)/b27-21-/t26-,32-,33-,34-,35+/m0/s1. The zero-order valence-electron chi connectivity index (χ0n) is 27.0. The maximum atomic E-state index is 13.3. The second kappa shape index (κ2) is 10.9. The lowest BCUT2D eigenvalue weighted by Crippen LogP contribution is -2.56. The lowest BCUT2D eigenvalue weighted by atomic mass is 9.41. The predicted octanol–water partition coefficient (Wildman–Crippen LogP) is 8.04. The van der Waals surface area contributed by atoms with Crippen LogP contribution in [-0.4, -0.2) is 23.0 Å². The molecule has 2 fully saturated rings. The Balaban J connectivity index is 2.18. The molecule has 222 valence electrons. The summed E-state index contributed by atoms with van der Waals surface area (Å²) in [5.74, 6) is 0.0327. The maximum Gasteiger partial charge on any atom is 0.220 e. The molecular weight excluding hydrogens is 496 g/mol. The molecule has 0 aromatic carbocycles. The first-order valence-corrected chi connectivity index (χ1v) is 15.5. The van der Waals surface area contributed by atoms with Crippen molar-refractivity contribution in [3.8, 4) is 6.07 Å². The highest BCUT2D eigenvalue weighted by Crippen LogP contribution is 2.68. The fourth-order valence-electron chi connectivity index (χ4n) is 8.64. The van der Waals surface area contributed by atoms with Crippen LogP contribution in [0.4, 0.5) is 0 Å². The van der Waals surface area contributed by atoms with Crippen LogP contribution in [-0.2, 0) is 14.4 Å². The van der Waals surface area contributed by atoms with Crippen LogP contribution < -0.4 is 5.32 Å². The van der Waals surface area contributed by atoms with Crippen molar-refractivity contribution in [2.24, 2.45) is 33.0 Å². The average molecular weight is 551 g/mol. The highest BCUT2D eigenvalue weighted by atomic mass is 16.2. The zero-order valence-corrected chi connectivity index (χ0v) is 27.0. The molecule has 40 heavy (non-hydrogen) atoms. The van der Waals surface area contributed by atoms with Crippen molar-refractivity contribution in [3.63, 3.8) is 0 Å². The van der Waals surface area contributed by atoms with Gasteiger partial charge in [0.1, 0.15) is 6.07 Å². The molecule has 5 atom stereocenters. The summed E-state index contributed by atoms with van der Waals surface area (Å²) in [5.41, 5.74) is -0.522. The number of allylic oxidation sites excluding steroid dienone is 4. The number of carbonyl (C=O) groups is 3. The number of carbonyl (C=O) groups excluding carboxylic acids is 3. The molecular formula is C35H54N2O3. The maximum absolute atomic E-state index is 13.3. The second-order valence-electron chi connectivity index (χ2n) is 15.6. The minimum Gasteiger partial charge on any atom is -0.351 e. The van der Waals surface area contributed by atoms with E-state index < -0.39 is 10.8 Å². The number of hydrogen-bond acceptors (Lipinski definition) is 4. The Labute approximate surface area is 243 Å². The summed E-state index contributed by atoms with van der Waals surface area (Å²) in [6.07, 6.45) is 13.0. The minimum atomic E-state index is -0.684. The molecule has 0 aromatic heterocycles. The van der Waals surface area contributed by atoms with E-state index in [0.717, 1.165) is 63.4 Å². The van der Waals surface area contributed by atoms with Crippen molar-refractivity contribution in [1.29, 1.82) is 5.26 Å². The van der Waals surface area contributed by atoms with E-state index in [1.165, 1.54) is 0 Å². The molecule has 0 aliphatic heterocycles. The van der Waals surface area contributed by atoms with Gasteiger partial charge in [0.2, 0.25) is 5.91 Å². The third-order valence-corrected chi connectivity index (χ3v) is 11.7. The minimum absolute atomic E-state index is 0.00867. The van der Waals surface area contributed by atoms with Crippen molar-refractivity contribution < 1.29 is 14.4 Å². The highest BCUT2D eigenvalue weighted by molar-refractivity contribution is 6.04. The summed E-state index contributed by atoms with van der Waals surface area (Å²) in [5, 5.41) is 13.3. The zero-order chi connectivity index (χ0) is 30.4. The molecule has 3 rings (SSSR count). The van der Waals surface area contributed by atoms with Crippen molar-refractivity contribution >= 4 is 17.5 Å². The van der Waals surface area contributed by atoms with Crippen LogP contribution >= 0.6 is 0 Å². The van der Waals surface area contributed by atoms with Gasteiger partial charge in [-0.3, -0.25) is 14.4 Å². The van der Waals surface area contributed by atoms with Crippen molar-refractivity contribution in [3.05, 3.63) is 23.3 Å². The van der Waals surface area contributed by atoms with Crippen LogP contribution in [0.5, 0.6) is 0 Å². The van der Waals surface area contributed by atoms with Gasteiger partial charge in [0, 0.05) is 22.8 Å². The number of fused-ring (bicyclic) bond motifs is 1. The van der Waals surface area contributed by atoms with E-state index in [9.17, 15) is 19.6 Å². The molecule has 0 radical (unpaired) electrons. The molecule has 0 bridgehead atoms. The summed E-state index contributed by atoms with van der Waals surface area (Å²) < 4.78 is 0. The van der Waals surface area contributed by atoms with Gasteiger partial charge in [0.25, 0.3) is 0 Å². The van der Waals surface area contributed by atoms with Crippen LogP contribution in [0.3, 0.4) is 0 Å². The van der Waals surface area contributed by atoms with E-state index in [-0.39, 0.29) is 50.7 Å². The van der Waals surface area contributed by atoms with Gasteiger partial charge < -0.3 is 5.32 Å². The molecule has 1 N–H and O–H groups in total. The van der Waals surface area contributed by atoms with Gasteiger partial charge in [-0.2, -0.15) is 5.26 Å². The first-order chi connectivity index (χ1) is 18.3. The third-order valence-electron chi connectivity index (χ3n) is 11.7. The van der Waals surface area contributed by atoms with Gasteiger partial charge >= 0.3 is 0 Å². The molecule has 3 aliphatic carbocycles. The number of hydrogen-bond donors (Lipinski definition) is 1. The van der Waals surface area contributed by atoms with E-state index in [0.29, 0.717) is 6.42 Å². The molecule has 1 amide bonds. The van der Waals surface area contributed by atoms with Gasteiger partial charge in [-0.25, -0.2) is 0 Å². The number of nitriles is 1. The number of nitrogens with zero attached hydrogens (tertiary/aromatic N) is 1. The number of nitrogens with one attached hydrogen (secondary N) is 1. The van der Waals surface area contributed by atoms with E-state index in [2.05, 4.69) is 52.9 Å². The third kappa shape index (κ3) is 5.75. The van der Waals surface area contributed by atoms with E-state index in [1.54, 1.807) is 6.92 Å². The van der Waals surface area contributed by atoms with Crippen molar-refractivity contribution in [2.45, 2.75) is 139 Å². The first kappa shape index (κ1) is 32.3. The van der Waals surface area contributed by atoms with Crippen LogP contribution in [0.2, 0.25) is 0 Å². The number of ketones is 2. The number of Topliss-reactive ketones (excluding diaryl/α,β-unsaturated/α-hetero) is 1. The van der Waals surface area contributed by atoms with Crippen LogP contribution in [0.1, 0.15) is 133 Å².